The number of methoxy groups -OCH3 is 1. The van der Waals surface area contributed by atoms with E-state index < -0.39 is 17.6 Å². The summed E-state index contributed by atoms with van der Waals surface area (Å²) >= 11 is 0. The van der Waals surface area contributed by atoms with Crippen LogP contribution in [0.5, 0.6) is 0 Å². The molecule has 1 fully saturated rings. The van der Waals surface area contributed by atoms with Gasteiger partial charge >= 0.3 is 11.9 Å². The Balaban J connectivity index is 0.000000383. The Hall–Kier alpha value is -1.96. The van der Waals surface area contributed by atoms with Crippen LogP contribution in [0.4, 0.5) is 0 Å². The molecule has 0 bridgehead atoms. The minimum atomic E-state index is -0.544. The number of carbonyl (C=O) groups excluding carboxylic acids is 2. The second kappa shape index (κ2) is 15.0. The molecule has 33 heavy (non-hydrogen) atoms. The van der Waals surface area contributed by atoms with E-state index in [-0.39, 0.29) is 30.5 Å². The number of hydrogen-bond acceptors (Lipinski definition) is 7. The summed E-state index contributed by atoms with van der Waals surface area (Å²) in [5.41, 5.74) is 0.414. The van der Waals surface area contributed by atoms with Crippen LogP contribution in [-0.4, -0.2) is 56.1 Å². The van der Waals surface area contributed by atoms with Gasteiger partial charge in [-0.05, 0) is 59.6 Å². The lowest BCUT2D eigenvalue weighted by atomic mass is 10.0. The summed E-state index contributed by atoms with van der Waals surface area (Å²) < 4.78 is 15.7. The molecule has 1 saturated carbocycles. The lowest BCUT2D eigenvalue weighted by Gasteiger charge is -2.24. The number of benzene rings is 1. The van der Waals surface area contributed by atoms with Gasteiger partial charge in [0.05, 0.1) is 17.9 Å². The molecule has 0 amide bonds. The molecule has 1 aromatic carbocycles. The van der Waals surface area contributed by atoms with Crippen molar-refractivity contribution in [2.45, 2.75) is 77.5 Å². The standard InChI is InChI=1S/C16H28O5.C10H15NO/c1-16(2,3)21-15(18)13(9-10-19-4)11-20-14(17)12-7-5-6-8-12;1-8(11-2)10(12)9-6-4-3-5-7-9/h12-13H,5-11H2,1-4H3;3-8,10-12H,1-2H3/t13-;8-,10+/m00/s1. The minimum absolute atomic E-state index is 0.00621. The van der Waals surface area contributed by atoms with Crippen LogP contribution in [0, 0.1) is 11.8 Å². The van der Waals surface area contributed by atoms with Crippen LogP contribution in [0.3, 0.4) is 0 Å². The van der Waals surface area contributed by atoms with E-state index in [4.69, 9.17) is 14.2 Å². The Kier molecular flexibility index (Phi) is 13.3. The first-order valence-corrected chi connectivity index (χ1v) is 11.9. The monoisotopic (exact) mass is 465 g/mol. The van der Waals surface area contributed by atoms with E-state index in [0.29, 0.717) is 13.0 Å². The summed E-state index contributed by atoms with van der Waals surface area (Å²) in [5.74, 6) is -0.974. The normalized spacial score (nSPS) is 16.8. The molecule has 0 unspecified atom stereocenters. The maximum absolute atomic E-state index is 12.1. The van der Waals surface area contributed by atoms with Gasteiger partial charge in [0, 0.05) is 19.8 Å². The third-order valence-corrected chi connectivity index (χ3v) is 5.60. The molecule has 0 aromatic heterocycles. The highest BCUT2D eigenvalue weighted by Gasteiger charge is 2.29. The number of likely N-dealkylation sites (N-methyl/N-ethyl adjacent to an activating group) is 1. The lowest BCUT2D eigenvalue weighted by molar-refractivity contribution is -0.165. The molecule has 7 nitrogen and oxygen atoms in total. The molecule has 0 saturated heterocycles. The predicted molar refractivity (Wildman–Crippen MR) is 129 cm³/mol. The largest absolute Gasteiger partial charge is 0.465 e. The Labute approximate surface area is 199 Å². The molecular weight excluding hydrogens is 422 g/mol. The summed E-state index contributed by atoms with van der Waals surface area (Å²) in [6, 6.07) is 9.76. The molecule has 1 aromatic rings. The topological polar surface area (TPSA) is 94.1 Å². The van der Waals surface area contributed by atoms with Gasteiger partial charge in [0.2, 0.25) is 0 Å². The Morgan fingerprint density at radius 1 is 1.15 bits per heavy atom. The molecule has 0 heterocycles. The van der Waals surface area contributed by atoms with E-state index in [1.54, 1.807) is 7.11 Å². The zero-order valence-corrected chi connectivity index (χ0v) is 21.1. The number of nitrogens with one attached hydrogen (secondary N) is 1. The number of rotatable bonds is 10. The van der Waals surface area contributed by atoms with Crippen LogP contribution in [0.15, 0.2) is 30.3 Å². The van der Waals surface area contributed by atoms with Crippen LogP contribution in [0.1, 0.15) is 71.5 Å². The van der Waals surface area contributed by atoms with Gasteiger partial charge in [-0.15, -0.1) is 0 Å². The van der Waals surface area contributed by atoms with Crippen molar-refractivity contribution in [1.29, 1.82) is 0 Å². The van der Waals surface area contributed by atoms with E-state index in [0.717, 1.165) is 31.2 Å². The van der Waals surface area contributed by atoms with Gasteiger partial charge in [-0.1, -0.05) is 43.2 Å². The maximum atomic E-state index is 12.1. The van der Waals surface area contributed by atoms with Gasteiger partial charge in [-0.2, -0.15) is 0 Å². The molecule has 0 radical (unpaired) electrons. The highest BCUT2D eigenvalue weighted by Crippen LogP contribution is 2.26. The van der Waals surface area contributed by atoms with Crippen molar-refractivity contribution in [3.05, 3.63) is 35.9 Å². The molecule has 1 aliphatic carbocycles. The lowest BCUT2D eigenvalue weighted by Crippen LogP contribution is -2.32. The first-order chi connectivity index (χ1) is 15.6. The molecular formula is C26H43NO6. The summed E-state index contributed by atoms with van der Waals surface area (Å²) in [5, 5.41) is 12.7. The SMILES string of the molecule is CN[C@@H](C)[C@@H](O)c1ccccc1.COCC[C@@H](COC(=O)C1CCCC1)C(=O)OC(C)(C)C. The fraction of sp³-hybridized carbons (Fsp3) is 0.692. The Morgan fingerprint density at radius 3 is 2.27 bits per heavy atom. The quantitative estimate of drug-likeness (QED) is 0.504. The fourth-order valence-electron chi connectivity index (χ4n) is 3.47. The van der Waals surface area contributed by atoms with Gasteiger partial charge in [0.1, 0.15) is 12.2 Å². The van der Waals surface area contributed by atoms with Crippen molar-refractivity contribution >= 4 is 11.9 Å². The summed E-state index contributed by atoms with van der Waals surface area (Å²) in [7, 11) is 3.42. The molecule has 7 heteroatoms. The zero-order chi connectivity index (χ0) is 24.9. The number of carbonyl (C=O) groups is 2. The first-order valence-electron chi connectivity index (χ1n) is 11.9. The summed E-state index contributed by atoms with van der Waals surface area (Å²) in [6.07, 6.45) is 4.03. The summed E-state index contributed by atoms with van der Waals surface area (Å²) in [6.45, 7) is 7.94. The van der Waals surface area contributed by atoms with Gasteiger partial charge in [-0.25, -0.2) is 0 Å². The van der Waals surface area contributed by atoms with Gasteiger partial charge < -0.3 is 24.6 Å². The number of esters is 2. The molecule has 188 valence electrons. The van der Waals surface area contributed by atoms with Gasteiger partial charge in [-0.3, -0.25) is 9.59 Å². The molecule has 2 N–H and O–H groups in total. The summed E-state index contributed by atoms with van der Waals surface area (Å²) in [4.78, 5) is 24.1. The number of ether oxygens (including phenoxy) is 3. The third-order valence-electron chi connectivity index (χ3n) is 5.60. The molecule has 3 atom stereocenters. The Morgan fingerprint density at radius 2 is 1.76 bits per heavy atom. The maximum Gasteiger partial charge on any atom is 0.313 e. The number of aliphatic hydroxyl groups excluding tert-OH is 1. The highest BCUT2D eigenvalue weighted by molar-refractivity contribution is 5.75. The van der Waals surface area contributed by atoms with Crippen LogP contribution < -0.4 is 5.32 Å². The van der Waals surface area contributed by atoms with E-state index in [9.17, 15) is 14.7 Å². The van der Waals surface area contributed by atoms with Gasteiger partial charge in [0.25, 0.3) is 0 Å². The first kappa shape index (κ1) is 29.1. The average molecular weight is 466 g/mol. The second-order valence-corrected chi connectivity index (χ2v) is 9.56. The predicted octanol–water partition coefficient (Wildman–Crippen LogP) is 4.04. The van der Waals surface area contributed by atoms with Crippen molar-refractivity contribution in [3.8, 4) is 0 Å². The molecule has 1 aliphatic rings. The average Bonchev–Trinajstić information content (AvgIpc) is 3.33. The van der Waals surface area contributed by atoms with E-state index in [1.807, 2.05) is 65.1 Å². The van der Waals surface area contributed by atoms with Gasteiger partial charge in [0.15, 0.2) is 0 Å². The molecule has 2 rings (SSSR count). The van der Waals surface area contributed by atoms with Crippen LogP contribution >= 0.6 is 0 Å². The van der Waals surface area contributed by atoms with Crippen molar-refractivity contribution in [3.63, 3.8) is 0 Å². The Bertz CT molecular complexity index is 682. The van der Waals surface area contributed by atoms with Crippen molar-refractivity contribution < 1.29 is 28.9 Å². The van der Waals surface area contributed by atoms with Crippen LogP contribution in [-0.2, 0) is 23.8 Å². The van der Waals surface area contributed by atoms with Crippen molar-refractivity contribution in [2.24, 2.45) is 11.8 Å². The molecule has 0 aliphatic heterocycles. The molecule has 0 spiro atoms. The van der Waals surface area contributed by atoms with Crippen molar-refractivity contribution in [1.82, 2.24) is 5.32 Å². The highest BCUT2D eigenvalue weighted by atomic mass is 16.6. The van der Waals surface area contributed by atoms with Crippen LogP contribution in [0.2, 0.25) is 0 Å². The fourth-order valence-corrected chi connectivity index (χ4v) is 3.47. The number of aliphatic hydroxyl groups is 1. The van der Waals surface area contributed by atoms with E-state index >= 15 is 0 Å². The van der Waals surface area contributed by atoms with E-state index in [2.05, 4.69) is 5.32 Å². The third kappa shape index (κ3) is 11.6. The second-order valence-electron chi connectivity index (χ2n) is 9.56. The number of hydrogen-bond donors (Lipinski definition) is 2. The zero-order valence-electron chi connectivity index (χ0n) is 21.1. The van der Waals surface area contributed by atoms with E-state index in [1.165, 1.54) is 0 Å². The minimum Gasteiger partial charge on any atom is -0.465 e. The van der Waals surface area contributed by atoms with Crippen molar-refractivity contribution in [2.75, 3.05) is 27.4 Å². The van der Waals surface area contributed by atoms with Crippen LogP contribution in [0.25, 0.3) is 0 Å². The smallest absolute Gasteiger partial charge is 0.313 e.